The average Bonchev–Trinajstić information content (AvgIpc) is 3.18. The second-order valence-electron chi connectivity index (χ2n) is 13.2. The van der Waals surface area contributed by atoms with Gasteiger partial charge in [0, 0.05) is 5.41 Å². The number of carboxylic acid groups (broad SMARTS) is 1. The fraction of sp³-hybridized carbons (Fsp3) is 0.742. The van der Waals surface area contributed by atoms with Crippen LogP contribution in [0.2, 0.25) is 0 Å². The zero-order chi connectivity index (χ0) is 29.5. The summed E-state index contributed by atoms with van der Waals surface area (Å²) < 4.78 is 0. The maximum absolute atomic E-state index is 12.5. The van der Waals surface area contributed by atoms with Crippen molar-refractivity contribution in [3.63, 3.8) is 0 Å². The fourth-order valence-electron chi connectivity index (χ4n) is 8.18. The van der Waals surface area contributed by atoms with Crippen molar-refractivity contribution in [1.29, 1.82) is 0 Å². The number of aliphatic carboxylic acids is 1. The number of nitrogens with zero attached hydrogens (tertiary/aromatic N) is 1. The summed E-state index contributed by atoms with van der Waals surface area (Å²) in [6.07, 6.45) is 15.5. The van der Waals surface area contributed by atoms with Gasteiger partial charge in [-0.15, -0.1) is 6.42 Å². The van der Waals surface area contributed by atoms with E-state index in [1.165, 1.54) is 12.5 Å². The topological polar surface area (TPSA) is 137 Å². The highest BCUT2D eigenvalue weighted by Gasteiger charge is 2.63. The van der Waals surface area contributed by atoms with Crippen LogP contribution in [0.4, 0.5) is 0 Å². The molecular formula is C31H45N3O6. The second-order valence-corrected chi connectivity index (χ2v) is 13.2. The molecule has 0 bridgehead atoms. The van der Waals surface area contributed by atoms with E-state index in [-0.39, 0.29) is 23.4 Å². The zero-order valence-corrected chi connectivity index (χ0v) is 24.5. The van der Waals surface area contributed by atoms with E-state index in [2.05, 4.69) is 41.6 Å². The standard InChI is InChI=1S/C31H45N3O6/c1-7-31(39)15-12-24-22-9-8-20-16-21(10-13-29(20,5)23(22)11-14-30(24,31)6)34-40-17-25(35)33-26(18(2)3)27(36)32-19(4)28(37)38/h1,16,18-19,22-24,26,39H,8-15,17H2,2-6H3,(H,32,36)(H,33,35)(H,37,38)/b34-21+/t19-,22+,23+,24+,26-,29-,30-,31+/m0/s1. The van der Waals surface area contributed by atoms with Crippen LogP contribution in [-0.4, -0.2) is 58.0 Å². The largest absolute Gasteiger partial charge is 0.480 e. The number of carbonyl (C=O) groups is 3. The normalized spacial score (nSPS) is 37.2. The number of hydrogen-bond acceptors (Lipinski definition) is 6. The molecular weight excluding hydrogens is 510 g/mol. The van der Waals surface area contributed by atoms with Gasteiger partial charge in [-0.1, -0.05) is 44.3 Å². The predicted octanol–water partition coefficient (Wildman–Crippen LogP) is 3.42. The van der Waals surface area contributed by atoms with E-state index >= 15 is 0 Å². The maximum atomic E-state index is 12.5. The first-order valence-electron chi connectivity index (χ1n) is 14.7. The molecule has 9 heteroatoms. The van der Waals surface area contributed by atoms with E-state index in [1.807, 2.05) is 0 Å². The van der Waals surface area contributed by atoms with Crippen LogP contribution >= 0.6 is 0 Å². The van der Waals surface area contributed by atoms with Crippen LogP contribution in [0, 0.1) is 46.8 Å². The SMILES string of the molecule is C#C[C@@]1(O)CC[C@@H]2[C@@H]3CCC4=C/C(=N/OCC(=O)N[C@H](C(=O)N[C@@H](C)C(=O)O)C(C)C)CC[C@]4(C)[C@@H]3CC[C@@]21C. The van der Waals surface area contributed by atoms with Gasteiger partial charge in [0.1, 0.15) is 17.7 Å². The zero-order valence-electron chi connectivity index (χ0n) is 24.5. The first kappa shape index (κ1) is 30.1. The van der Waals surface area contributed by atoms with E-state index in [9.17, 15) is 19.5 Å². The van der Waals surface area contributed by atoms with Crippen molar-refractivity contribution in [3.8, 4) is 12.3 Å². The lowest BCUT2D eigenvalue weighted by atomic mass is 9.46. The number of carboxylic acids is 1. The van der Waals surface area contributed by atoms with Gasteiger partial charge in [0.2, 0.25) is 5.91 Å². The molecule has 8 atom stereocenters. The minimum atomic E-state index is -1.15. The molecule has 4 aliphatic rings. The van der Waals surface area contributed by atoms with Crippen molar-refractivity contribution in [2.24, 2.45) is 39.7 Å². The Morgan fingerprint density at radius 3 is 2.45 bits per heavy atom. The van der Waals surface area contributed by atoms with Gasteiger partial charge in [0.15, 0.2) is 6.61 Å². The number of hydrogen-bond donors (Lipinski definition) is 4. The third-order valence-electron chi connectivity index (χ3n) is 10.7. The second kappa shape index (κ2) is 11.2. The van der Waals surface area contributed by atoms with Gasteiger partial charge in [-0.25, -0.2) is 0 Å². The molecule has 0 unspecified atom stereocenters. The summed E-state index contributed by atoms with van der Waals surface area (Å²) in [5.41, 5.74) is 1.09. The lowest BCUT2D eigenvalue weighted by molar-refractivity contribution is -0.142. The molecule has 4 rings (SSSR count). The summed E-state index contributed by atoms with van der Waals surface area (Å²) >= 11 is 0. The highest BCUT2D eigenvalue weighted by Crippen LogP contribution is 2.67. The van der Waals surface area contributed by atoms with Crippen molar-refractivity contribution in [1.82, 2.24) is 10.6 Å². The summed E-state index contributed by atoms with van der Waals surface area (Å²) in [4.78, 5) is 41.4. The molecule has 0 heterocycles. The molecule has 0 saturated heterocycles. The molecule has 0 aromatic rings. The lowest BCUT2D eigenvalue weighted by Crippen LogP contribution is -2.54. The first-order valence-corrected chi connectivity index (χ1v) is 14.7. The van der Waals surface area contributed by atoms with Crippen molar-refractivity contribution >= 4 is 23.5 Å². The quantitative estimate of drug-likeness (QED) is 0.268. The van der Waals surface area contributed by atoms with Gasteiger partial charge in [0.05, 0.1) is 5.71 Å². The van der Waals surface area contributed by atoms with Crippen LogP contribution < -0.4 is 10.6 Å². The maximum Gasteiger partial charge on any atom is 0.325 e. The van der Waals surface area contributed by atoms with Crippen LogP contribution in [-0.2, 0) is 19.2 Å². The molecule has 3 fully saturated rings. The smallest absolute Gasteiger partial charge is 0.325 e. The minimum absolute atomic E-state index is 0.0857. The number of oxime groups is 1. The highest BCUT2D eigenvalue weighted by molar-refractivity contribution is 5.96. The molecule has 9 nitrogen and oxygen atoms in total. The number of aliphatic hydroxyl groups is 1. The van der Waals surface area contributed by atoms with Crippen molar-refractivity contribution in [2.75, 3.05) is 6.61 Å². The Kier molecular flexibility index (Phi) is 8.43. The van der Waals surface area contributed by atoms with Crippen LogP contribution in [0.25, 0.3) is 0 Å². The third kappa shape index (κ3) is 5.27. The summed E-state index contributed by atoms with van der Waals surface area (Å²) in [6, 6.07) is -1.94. The Morgan fingerprint density at radius 2 is 1.80 bits per heavy atom. The van der Waals surface area contributed by atoms with Crippen molar-refractivity contribution in [2.45, 2.75) is 104 Å². The van der Waals surface area contributed by atoms with E-state index in [0.717, 1.165) is 50.7 Å². The molecule has 220 valence electrons. The number of nitrogens with one attached hydrogen (secondary N) is 2. The molecule has 0 aliphatic heterocycles. The molecule has 0 radical (unpaired) electrons. The monoisotopic (exact) mass is 555 g/mol. The first-order chi connectivity index (χ1) is 18.8. The Bertz CT molecular complexity index is 1140. The Labute approximate surface area is 237 Å². The summed E-state index contributed by atoms with van der Waals surface area (Å²) in [5, 5.41) is 29.5. The number of rotatable bonds is 8. The van der Waals surface area contributed by atoms with E-state index in [0.29, 0.717) is 24.2 Å². The Morgan fingerprint density at radius 1 is 1.10 bits per heavy atom. The molecule has 4 aliphatic carbocycles. The van der Waals surface area contributed by atoms with Gasteiger partial charge >= 0.3 is 5.97 Å². The number of allylic oxidation sites excluding steroid dienone is 2. The summed E-state index contributed by atoms with van der Waals surface area (Å²) in [6.45, 7) is 9.16. The minimum Gasteiger partial charge on any atom is -0.480 e. The van der Waals surface area contributed by atoms with Crippen LogP contribution in [0.5, 0.6) is 0 Å². The number of terminal acetylenes is 1. The fourth-order valence-corrected chi connectivity index (χ4v) is 8.18. The Hall–Kier alpha value is -2.86. The van der Waals surface area contributed by atoms with E-state index in [1.54, 1.807) is 13.8 Å². The molecule has 4 N–H and O–H groups in total. The number of carbonyl (C=O) groups excluding carboxylic acids is 2. The van der Waals surface area contributed by atoms with Gasteiger partial charge in [0.25, 0.3) is 5.91 Å². The van der Waals surface area contributed by atoms with Crippen LogP contribution in [0.1, 0.15) is 86.0 Å². The molecule has 0 spiro atoms. The summed E-state index contributed by atoms with van der Waals surface area (Å²) in [7, 11) is 0. The van der Waals surface area contributed by atoms with E-state index in [4.69, 9.17) is 16.4 Å². The molecule has 40 heavy (non-hydrogen) atoms. The summed E-state index contributed by atoms with van der Waals surface area (Å²) in [5.74, 6) is 1.88. The van der Waals surface area contributed by atoms with Crippen molar-refractivity contribution in [3.05, 3.63) is 11.6 Å². The van der Waals surface area contributed by atoms with Gasteiger partial charge in [-0.05, 0) is 93.5 Å². The van der Waals surface area contributed by atoms with Gasteiger partial charge in [-0.3, -0.25) is 14.4 Å². The molecule has 0 aromatic carbocycles. The molecule has 2 amide bonds. The predicted molar refractivity (Wildman–Crippen MR) is 151 cm³/mol. The number of fused-ring (bicyclic) bond motifs is 5. The van der Waals surface area contributed by atoms with Crippen LogP contribution in [0.3, 0.4) is 0 Å². The van der Waals surface area contributed by atoms with Gasteiger partial charge < -0.3 is 25.7 Å². The molecule has 0 aromatic heterocycles. The molecule has 3 saturated carbocycles. The van der Waals surface area contributed by atoms with Crippen molar-refractivity contribution < 1.29 is 29.4 Å². The average molecular weight is 556 g/mol. The Balaban J connectivity index is 1.36. The third-order valence-corrected chi connectivity index (χ3v) is 10.7. The lowest BCUT2D eigenvalue weighted by Gasteiger charge is -2.58. The van der Waals surface area contributed by atoms with E-state index < -0.39 is 35.5 Å². The van der Waals surface area contributed by atoms with Gasteiger partial charge in [-0.2, -0.15) is 0 Å². The van der Waals surface area contributed by atoms with Crippen LogP contribution in [0.15, 0.2) is 16.8 Å². The highest BCUT2D eigenvalue weighted by atomic mass is 16.6. The number of amides is 2.